The molecule has 0 aliphatic rings. The number of aliphatic hydroxyl groups excluding tert-OH is 1. The maximum absolute atomic E-state index is 9.39. The molecule has 2 aromatic rings. The lowest BCUT2D eigenvalue weighted by molar-refractivity contribution is 0.270. The molecule has 4 nitrogen and oxygen atoms in total. The molecule has 0 unspecified atom stereocenters. The van der Waals surface area contributed by atoms with Crippen LogP contribution in [-0.4, -0.2) is 15.1 Å². The van der Waals surface area contributed by atoms with Crippen LogP contribution in [0.25, 0.3) is 0 Å². The number of hydrogen-bond acceptors (Lipinski definition) is 4. The van der Waals surface area contributed by atoms with Crippen LogP contribution in [0.2, 0.25) is 0 Å². The molecule has 0 aliphatic heterocycles. The van der Waals surface area contributed by atoms with Gasteiger partial charge in [-0.3, -0.25) is 0 Å². The van der Waals surface area contributed by atoms with Crippen LogP contribution in [0.3, 0.4) is 0 Å². The van der Waals surface area contributed by atoms with E-state index < -0.39 is 0 Å². The largest absolute Gasteiger partial charge is 0.454 e. The van der Waals surface area contributed by atoms with E-state index in [0.29, 0.717) is 23.0 Å². The Balaban J connectivity index is 2.29. The molecule has 1 aromatic heterocycles. The van der Waals surface area contributed by atoms with Gasteiger partial charge in [-0.15, -0.1) is 0 Å². The number of hydrogen-bond donors (Lipinski definition) is 1. The smallest absolute Gasteiger partial charge is 0.169 e. The second-order valence-corrected chi connectivity index (χ2v) is 5.66. The summed E-state index contributed by atoms with van der Waals surface area (Å²) in [6.07, 6.45) is 1.62. The van der Waals surface area contributed by atoms with Crippen molar-refractivity contribution < 1.29 is 9.84 Å². The lowest BCUT2D eigenvalue weighted by atomic mass is 10.2. The molecular weight excluding hydrogens is 355 g/mol. The fraction of sp³-hybridized carbons (Fsp3) is 0.286. The molecule has 0 atom stereocenters. The van der Waals surface area contributed by atoms with E-state index in [1.807, 2.05) is 38.1 Å². The van der Waals surface area contributed by atoms with Crippen LogP contribution in [0.1, 0.15) is 31.3 Å². The molecule has 1 aromatic carbocycles. The molecule has 0 radical (unpaired) electrons. The van der Waals surface area contributed by atoms with E-state index in [1.165, 1.54) is 0 Å². The van der Waals surface area contributed by atoms with E-state index in [1.54, 1.807) is 6.20 Å². The summed E-state index contributed by atoms with van der Waals surface area (Å²) in [7, 11) is 0. The summed E-state index contributed by atoms with van der Waals surface area (Å²) in [6.45, 7) is 3.86. The summed E-state index contributed by atoms with van der Waals surface area (Å²) in [5.41, 5.74) is 0.512. The molecule has 2 rings (SSSR count). The Bertz CT molecular complexity index is 573. The highest BCUT2D eigenvalue weighted by molar-refractivity contribution is 14.1. The van der Waals surface area contributed by atoms with Gasteiger partial charge in [0.2, 0.25) is 0 Å². The van der Waals surface area contributed by atoms with Crippen LogP contribution in [-0.2, 0) is 6.61 Å². The highest BCUT2D eigenvalue weighted by Crippen LogP contribution is 2.25. The van der Waals surface area contributed by atoms with Gasteiger partial charge in [0, 0.05) is 9.49 Å². The lowest BCUT2D eigenvalue weighted by Gasteiger charge is -2.11. The molecule has 0 amide bonds. The third-order valence-corrected chi connectivity index (χ3v) is 3.21. The molecule has 0 saturated carbocycles. The van der Waals surface area contributed by atoms with Crippen molar-refractivity contribution in [2.24, 2.45) is 0 Å². The van der Waals surface area contributed by atoms with Crippen molar-refractivity contribution in [2.45, 2.75) is 26.4 Å². The second kappa shape index (κ2) is 6.29. The fourth-order valence-electron chi connectivity index (χ4n) is 1.56. The van der Waals surface area contributed by atoms with E-state index >= 15 is 0 Å². The van der Waals surface area contributed by atoms with Crippen molar-refractivity contribution in [3.8, 4) is 11.5 Å². The van der Waals surface area contributed by atoms with Crippen molar-refractivity contribution in [1.82, 2.24) is 9.97 Å². The monoisotopic (exact) mass is 370 g/mol. The Labute approximate surface area is 126 Å². The number of ether oxygens (including phenoxy) is 1. The summed E-state index contributed by atoms with van der Waals surface area (Å²) in [6, 6.07) is 7.68. The van der Waals surface area contributed by atoms with Crippen molar-refractivity contribution in [3.63, 3.8) is 0 Å². The first-order valence-electron chi connectivity index (χ1n) is 6.00. The fourth-order valence-corrected chi connectivity index (χ4v) is 2.07. The average molecular weight is 370 g/mol. The van der Waals surface area contributed by atoms with Crippen LogP contribution in [0.5, 0.6) is 11.5 Å². The predicted octanol–water partition coefficient (Wildman–Crippen LogP) is 3.49. The first kappa shape index (κ1) is 14.2. The van der Waals surface area contributed by atoms with Gasteiger partial charge in [-0.05, 0) is 40.8 Å². The van der Waals surface area contributed by atoms with Crippen LogP contribution in [0.4, 0.5) is 0 Å². The zero-order valence-corrected chi connectivity index (χ0v) is 13.0. The summed E-state index contributed by atoms with van der Waals surface area (Å²) < 4.78 is 6.81. The van der Waals surface area contributed by atoms with Gasteiger partial charge in [-0.25, -0.2) is 9.97 Å². The zero-order valence-electron chi connectivity index (χ0n) is 10.8. The minimum Gasteiger partial charge on any atom is -0.454 e. The van der Waals surface area contributed by atoms with Crippen molar-refractivity contribution in [2.75, 3.05) is 0 Å². The zero-order chi connectivity index (χ0) is 13.8. The number of rotatable bonds is 4. The Morgan fingerprint density at radius 2 is 2.16 bits per heavy atom. The number of aromatic nitrogens is 2. The molecule has 0 saturated heterocycles. The lowest BCUT2D eigenvalue weighted by Crippen LogP contribution is -2.03. The van der Waals surface area contributed by atoms with Crippen molar-refractivity contribution in [3.05, 3.63) is 45.6 Å². The third kappa shape index (κ3) is 3.63. The van der Waals surface area contributed by atoms with Gasteiger partial charge < -0.3 is 9.84 Å². The second-order valence-electron chi connectivity index (χ2n) is 4.41. The van der Waals surface area contributed by atoms with E-state index in [-0.39, 0.29) is 12.5 Å². The molecule has 0 aliphatic carbocycles. The molecule has 5 heteroatoms. The Hall–Kier alpha value is -1.21. The Kier molecular flexibility index (Phi) is 4.71. The first-order valence-corrected chi connectivity index (χ1v) is 7.08. The standard InChI is InChI=1S/C14H15IN2O2/c1-9(2)14-16-7-13(12(8-18)17-14)19-11-5-3-4-10(15)6-11/h3-7,9,18H,8H2,1-2H3. The molecule has 0 spiro atoms. The molecule has 19 heavy (non-hydrogen) atoms. The van der Waals surface area contributed by atoms with E-state index in [9.17, 15) is 5.11 Å². The SMILES string of the molecule is CC(C)c1ncc(Oc2cccc(I)c2)c(CO)n1. The minimum atomic E-state index is -0.165. The summed E-state index contributed by atoms with van der Waals surface area (Å²) >= 11 is 2.22. The van der Waals surface area contributed by atoms with Gasteiger partial charge in [0.15, 0.2) is 5.75 Å². The van der Waals surface area contributed by atoms with Gasteiger partial charge in [-0.2, -0.15) is 0 Å². The van der Waals surface area contributed by atoms with E-state index in [2.05, 4.69) is 32.6 Å². The molecule has 1 N–H and O–H groups in total. The van der Waals surface area contributed by atoms with Gasteiger partial charge in [0.25, 0.3) is 0 Å². The quantitative estimate of drug-likeness (QED) is 0.838. The van der Waals surface area contributed by atoms with Crippen LogP contribution >= 0.6 is 22.6 Å². The normalized spacial score (nSPS) is 10.8. The van der Waals surface area contributed by atoms with Gasteiger partial charge in [0.05, 0.1) is 12.8 Å². The minimum absolute atomic E-state index is 0.165. The number of halogens is 1. The maximum Gasteiger partial charge on any atom is 0.169 e. The highest BCUT2D eigenvalue weighted by atomic mass is 127. The molecular formula is C14H15IN2O2. The Morgan fingerprint density at radius 1 is 1.37 bits per heavy atom. The topological polar surface area (TPSA) is 55.2 Å². The number of aliphatic hydroxyl groups is 1. The van der Waals surface area contributed by atoms with Crippen LogP contribution in [0, 0.1) is 3.57 Å². The van der Waals surface area contributed by atoms with Gasteiger partial charge >= 0.3 is 0 Å². The molecule has 100 valence electrons. The summed E-state index contributed by atoms with van der Waals surface area (Å²) in [5, 5.41) is 9.39. The predicted molar refractivity (Wildman–Crippen MR) is 81.3 cm³/mol. The molecule has 0 bridgehead atoms. The highest BCUT2D eigenvalue weighted by Gasteiger charge is 2.11. The number of benzene rings is 1. The van der Waals surface area contributed by atoms with E-state index in [0.717, 1.165) is 3.57 Å². The third-order valence-electron chi connectivity index (χ3n) is 2.54. The molecule has 1 heterocycles. The maximum atomic E-state index is 9.39. The van der Waals surface area contributed by atoms with Crippen molar-refractivity contribution in [1.29, 1.82) is 0 Å². The van der Waals surface area contributed by atoms with Crippen molar-refractivity contribution >= 4 is 22.6 Å². The van der Waals surface area contributed by atoms with Gasteiger partial charge in [-0.1, -0.05) is 19.9 Å². The van der Waals surface area contributed by atoms with Gasteiger partial charge in [0.1, 0.15) is 17.3 Å². The summed E-state index contributed by atoms with van der Waals surface area (Å²) in [5.74, 6) is 2.13. The first-order chi connectivity index (χ1) is 9.10. The number of nitrogens with zero attached hydrogens (tertiary/aromatic N) is 2. The average Bonchev–Trinajstić information content (AvgIpc) is 2.39. The van der Waals surface area contributed by atoms with Crippen LogP contribution in [0.15, 0.2) is 30.5 Å². The van der Waals surface area contributed by atoms with E-state index in [4.69, 9.17) is 4.74 Å². The van der Waals surface area contributed by atoms with Crippen LogP contribution < -0.4 is 4.74 Å². The summed E-state index contributed by atoms with van der Waals surface area (Å²) in [4.78, 5) is 8.58. The Morgan fingerprint density at radius 3 is 2.79 bits per heavy atom. The molecule has 0 fully saturated rings.